The van der Waals surface area contributed by atoms with Crippen LogP contribution in [0.1, 0.15) is 40.5 Å². The maximum absolute atomic E-state index is 11.4. The minimum absolute atomic E-state index is 0.151. The van der Waals surface area contributed by atoms with Crippen LogP contribution in [0.3, 0.4) is 0 Å². The number of carbonyl (C=O) groups is 2. The molecule has 0 spiro atoms. The smallest absolute Gasteiger partial charge is 0.316 e. The maximum Gasteiger partial charge on any atom is 0.316 e. The number of aliphatic carboxylic acids is 1. The zero-order valence-electron chi connectivity index (χ0n) is 9.96. The summed E-state index contributed by atoms with van der Waals surface area (Å²) >= 11 is 0. The zero-order chi connectivity index (χ0) is 12.1. The van der Waals surface area contributed by atoms with Crippen LogP contribution in [0.15, 0.2) is 0 Å². The van der Waals surface area contributed by atoms with Crippen LogP contribution in [0.25, 0.3) is 0 Å². The van der Waals surface area contributed by atoms with Gasteiger partial charge in [-0.05, 0) is 18.3 Å². The second-order valence-corrected chi connectivity index (χ2v) is 4.90. The van der Waals surface area contributed by atoms with Gasteiger partial charge in [-0.25, -0.2) is 0 Å². The van der Waals surface area contributed by atoms with Crippen LogP contribution in [0, 0.1) is 11.3 Å². The van der Waals surface area contributed by atoms with Gasteiger partial charge in [-0.1, -0.05) is 27.7 Å². The van der Waals surface area contributed by atoms with Crippen molar-refractivity contribution in [2.45, 2.75) is 40.5 Å². The fourth-order valence-electron chi connectivity index (χ4n) is 1.16. The molecular weight excluding hydrogens is 194 g/mol. The zero-order valence-corrected chi connectivity index (χ0v) is 9.96. The van der Waals surface area contributed by atoms with Gasteiger partial charge >= 0.3 is 5.97 Å². The summed E-state index contributed by atoms with van der Waals surface area (Å²) in [6.07, 6.45) is 1.17. The number of amides is 1. The first-order valence-electron chi connectivity index (χ1n) is 5.28. The molecular formula is C11H21NO3. The minimum atomic E-state index is -1.05. The van der Waals surface area contributed by atoms with Crippen LogP contribution in [-0.2, 0) is 9.59 Å². The Hall–Kier alpha value is -1.06. The summed E-state index contributed by atoms with van der Waals surface area (Å²) in [5.41, 5.74) is 0.151. The van der Waals surface area contributed by atoms with Crippen LogP contribution in [0.2, 0.25) is 0 Å². The Bertz CT molecular complexity index is 230. The molecule has 0 saturated heterocycles. The molecule has 0 heterocycles. The Balaban J connectivity index is 3.98. The van der Waals surface area contributed by atoms with E-state index in [2.05, 4.69) is 26.1 Å². The molecule has 0 fully saturated rings. The molecule has 1 amide bonds. The Labute approximate surface area is 91.1 Å². The molecule has 0 aromatic carbocycles. The predicted octanol–water partition coefficient (Wildman–Crippen LogP) is 1.65. The summed E-state index contributed by atoms with van der Waals surface area (Å²) in [6.45, 7) is 8.46. The lowest BCUT2D eigenvalue weighted by atomic mass is 9.92. The Morgan fingerprint density at radius 2 is 1.87 bits per heavy atom. The molecule has 0 aliphatic carbocycles. The lowest BCUT2D eigenvalue weighted by Crippen LogP contribution is -2.36. The average molecular weight is 215 g/mol. The van der Waals surface area contributed by atoms with Gasteiger partial charge in [0.05, 0.1) is 0 Å². The van der Waals surface area contributed by atoms with Gasteiger partial charge in [-0.15, -0.1) is 0 Å². The van der Waals surface area contributed by atoms with Gasteiger partial charge < -0.3 is 10.4 Å². The number of carbonyl (C=O) groups excluding carboxylic acids is 1. The summed E-state index contributed by atoms with van der Waals surface area (Å²) < 4.78 is 0. The molecule has 88 valence electrons. The van der Waals surface area contributed by atoms with Crippen molar-refractivity contribution in [3.63, 3.8) is 0 Å². The first-order valence-corrected chi connectivity index (χ1v) is 5.28. The van der Waals surface area contributed by atoms with Gasteiger partial charge in [0.25, 0.3) is 0 Å². The fraction of sp³-hybridized carbons (Fsp3) is 0.818. The summed E-state index contributed by atoms with van der Waals surface area (Å²) in [4.78, 5) is 22.1. The number of hydrogen-bond acceptors (Lipinski definition) is 2. The van der Waals surface area contributed by atoms with Gasteiger partial charge in [0.2, 0.25) is 5.91 Å². The van der Waals surface area contributed by atoms with Crippen LogP contribution in [-0.4, -0.2) is 23.5 Å². The maximum atomic E-state index is 11.4. The molecule has 0 aliphatic rings. The van der Waals surface area contributed by atoms with E-state index in [9.17, 15) is 9.59 Å². The lowest BCUT2D eigenvalue weighted by molar-refractivity contribution is -0.147. The third-order valence-electron chi connectivity index (χ3n) is 2.20. The van der Waals surface area contributed by atoms with Crippen molar-refractivity contribution < 1.29 is 14.7 Å². The molecule has 4 nitrogen and oxygen atoms in total. The van der Waals surface area contributed by atoms with E-state index in [4.69, 9.17) is 5.11 Å². The third-order valence-corrected chi connectivity index (χ3v) is 2.20. The minimum Gasteiger partial charge on any atom is -0.481 e. The quantitative estimate of drug-likeness (QED) is 0.685. The molecule has 0 aromatic rings. The lowest BCUT2D eigenvalue weighted by Gasteiger charge is -2.19. The number of rotatable bonds is 5. The number of carboxylic acids is 1. The third kappa shape index (κ3) is 6.10. The Morgan fingerprint density at radius 1 is 1.33 bits per heavy atom. The Kier molecular flexibility index (Phi) is 5.33. The summed E-state index contributed by atoms with van der Waals surface area (Å²) in [7, 11) is 0. The molecule has 0 rings (SSSR count). The summed E-state index contributed by atoms with van der Waals surface area (Å²) in [6, 6.07) is 0. The standard InChI is InChI=1S/C11H21NO3/c1-5-8(10(14)15)9(13)12-7-6-11(2,3)4/h8H,5-7H2,1-4H3,(H,12,13)(H,14,15). The highest BCUT2D eigenvalue weighted by molar-refractivity contribution is 5.96. The van der Waals surface area contributed by atoms with E-state index in [1.165, 1.54) is 0 Å². The van der Waals surface area contributed by atoms with E-state index in [1.807, 2.05) is 0 Å². The van der Waals surface area contributed by atoms with Crippen molar-refractivity contribution in [2.75, 3.05) is 6.54 Å². The second kappa shape index (κ2) is 5.73. The molecule has 0 aromatic heterocycles. The molecule has 1 atom stereocenters. The average Bonchev–Trinajstić information content (AvgIpc) is 2.01. The fourth-order valence-corrected chi connectivity index (χ4v) is 1.16. The van der Waals surface area contributed by atoms with E-state index in [-0.39, 0.29) is 11.3 Å². The van der Waals surface area contributed by atoms with Crippen molar-refractivity contribution in [1.82, 2.24) is 5.32 Å². The largest absolute Gasteiger partial charge is 0.481 e. The van der Waals surface area contributed by atoms with E-state index in [0.717, 1.165) is 6.42 Å². The van der Waals surface area contributed by atoms with Crippen LogP contribution in [0.4, 0.5) is 0 Å². The highest BCUT2D eigenvalue weighted by Crippen LogP contribution is 2.17. The molecule has 4 heteroatoms. The van der Waals surface area contributed by atoms with Crippen molar-refractivity contribution in [2.24, 2.45) is 11.3 Å². The first kappa shape index (κ1) is 13.9. The van der Waals surface area contributed by atoms with Crippen molar-refractivity contribution in [3.8, 4) is 0 Å². The van der Waals surface area contributed by atoms with Crippen molar-refractivity contribution in [1.29, 1.82) is 0 Å². The van der Waals surface area contributed by atoms with E-state index >= 15 is 0 Å². The van der Waals surface area contributed by atoms with Crippen LogP contribution < -0.4 is 5.32 Å². The summed E-state index contributed by atoms with van der Waals surface area (Å²) in [5.74, 6) is -2.34. The molecule has 1 unspecified atom stereocenters. The molecule has 0 saturated carbocycles. The van der Waals surface area contributed by atoms with Gasteiger partial charge in [-0.3, -0.25) is 9.59 Å². The normalized spacial score (nSPS) is 13.3. The van der Waals surface area contributed by atoms with Crippen LogP contribution >= 0.6 is 0 Å². The van der Waals surface area contributed by atoms with E-state index < -0.39 is 11.9 Å². The summed E-state index contributed by atoms with van der Waals surface area (Å²) in [5, 5.41) is 11.4. The molecule has 0 radical (unpaired) electrons. The Morgan fingerprint density at radius 3 is 2.20 bits per heavy atom. The molecule has 2 N–H and O–H groups in total. The second-order valence-electron chi connectivity index (χ2n) is 4.90. The monoisotopic (exact) mass is 215 g/mol. The van der Waals surface area contributed by atoms with Gasteiger partial charge in [0.1, 0.15) is 5.92 Å². The van der Waals surface area contributed by atoms with Crippen molar-refractivity contribution in [3.05, 3.63) is 0 Å². The van der Waals surface area contributed by atoms with Crippen molar-refractivity contribution >= 4 is 11.9 Å². The van der Waals surface area contributed by atoms with Gasteiger partial charge in [-0.2, -0.15) is 0 Å². The predicted molar refractivity (Wildman–Crippen MR) is 58.5 cm³/mol. The number of nitrogens with one attached hydrogen (secondary N) is 1. The van der Waals surface area contributed by atoms with Crippen LogP contribution in [0.5, 0.6) is 0 Å². The van der Waals surface area contributed by atoms with E-state index in [1.54, 1.807) is 6.92 Å². The van der Waals surface area contributed by atoms with Gasteiger partial charge in [0.15, 0.2) is 0 Å². The SMILES string of the molecule is CCC(C(=O)O)C(=O)NCCC(C)(C)C. The highest BCUT2D eigenvalue weighted by atomic mass is 16.4. The molecule has 0 bridgehead atoms. The highest BCUT2D eigenvalue weighted by Gasteiger charge is 2.23. The van der Waals surface area contributed by atoms with E-state index in [0.29, 0.717) is 13.0 Å². The first-order chi connectivity index (χ1) is 6.78. The molecule has 0 aliphatic heterocycles. The number of hydrogen-bond donors (Lipinski definition) is 2. The van der Waals surface area contributed by atoms with Gasteiger partial charge in [0, 0.05) is 6.54 Å². The molecule has 15 heavy (non-hydrogen) atoms. The topological polar surface area (TPSA) is 66.4 Å². The number of carboxylic acid groups (broad SMARTS) is 1.